The van der Waals surface area contributed by atoms with E-state index < -0.39 is 17.7 Å². The fraction of sp³-hybridized carbons (Fsp3) is 0.429. The van der Waals surface area contributed by atoms with E-state index in [4.69, 9.17) is 13.9 Å². The summed E-state index contributed by atoms with van der Waals surface area (Å²) in [5, 5.41) is 0.294. The van der Waals surface area contributed by atoms with Crippen LogP contribution >= 0.6 is 0 Å². The minimum atomic E-state index is -0.921. The van der Waals surface area contributed by atoms with Crippen LogP contribution in [-0.2, 0) is 9.47 Å². The number of rotatable bonds is 4. The maximum atomic E-state index is 14.9. The zero-order chi connectivity index (χ0) is 26.2. The largest absolute Gasteiger partial charge is 0.440 e. The number of hydrogen-bond donors (Lipinski definition) is 0. The Morgan fingerprint density at radius 3 is 2.42 bits per heavy atom. The van der Waals surface area contributed by atoms with E-state index in [2.05, 4.69) is 0 Å². The van der Waals surface area contributed by atoms with Gasteiger partial charge < -0.3 is 28.6 Å². The molecule has 1 aromatic heterocycles. The van der Waals surface area contributed by atoms with Gasteiger partial charge in [0, 0.05) is 49.9 Å². The summed E-state index contributed by atoms with van der Waals surface area (Å²) >= 11 is 0. The molecule has 3 saturated heterocycles. The molecule has 3 fully saturated rings. The Hall–Kier alpha value is -3.50. The van der Waals surface area contributed by atoms with E-state index in [1.807, 2.05) is 4.90 Å². The topological polar surface area (TPSA) is 75.5 Å². The number of benzene rings is 2. The van der Waals surface area contributed by atoms with E-state index >= 15 is 0 Å². The van der Waals surface area contributed by atoms with Crippen LogP contribution in [-0.4, -0.2) is 70.0 Å². The molecule has 8 nitrogen and oxygen atoms in total. The molecule has 2 aromatic carbocycles. The second kappa shape index (κ2) is 10.3. The first kappa shape index (κ1) is 24.8. The van der Waals surface area contributed by atoms with E-state index in [0.29, 0.717) is 93.6 Å². The fourth-order valence-corrected chi connectivity index (χ4v) is 5.62. The molecule has 1 atom stereocenters. The van der Waals surface area contributed by atoms with Crippen LogP contribution in [0, 0.1) is 11.6 Å². The van der Waals surface area contributed by atoms with Crippen LogP contribution in [0.3, 0.4) is 0 Å². The normalized spacial score (nSPS) is 20.4. The molecule has 10 heteroatoms. The summed E-state index contributed by atoms with van der Waals surface area (Å²) in [5.74, 6) is -1.61. The zero-order valence-electron chi connectivity index (χ0n) is 21.0. The van der Waals surface area contributed by atoms with Crippen molar-refractivity contribution in [3.63, 3.8) is 0 Å². The lowest BCUT2D eigenvalue weighted by molar-refractivity contribution is 0.0303. The van der Waals surface area contributed by atoms with Crippen LogP contribution in [0.25, 0.3) is 11.0 Å². The van der Waals surface area contributed by atoms with Gasteiger partial charge in [0.1, 0.15) is 5.58 Å². The van der Waals surface area contributed by atoms with Crippen molar-refractivity contribution in [1.29, 1.82) is 0 Å². The molecule has 1 unspecified atom stereocenters. The van der Waals surface area contributed by atoms with Crippen molar-refractivity contribution in [2.45, 2.75) is 18.9 Å². The van der Waals surface area contributed by atoms with Crippen molar-refractivity contribution >= 4 is 28.4 Å². The number of carbonyl (C=O) groups is 1. The summed E-state index contributed by atoms with van der Waals surface area (Å²) in [4.78, 5) is 32.4. The molecule has 0 radical (unpaired) electrons. The van der Waals surface area contributed by atoms with E-state index in [1.165, 1.54) is 12.1 Å². The number of hydrogen-bond acceptors (Lipinski definition) is 7. The third-order valence-electron chi connectivity index (χ3n) is 7.56. The van der Waals surface area contributed by atoms with Gasteiger partial charge >= 0.3 is 0 Å². The third-order valence-corrected chi connectivity index (χ3v) is 7.56. The number of nitrogens with zero attached hydrogens (tertiary/aromatic N) is 3. The maximum absolute atomic E-state index is 14.9. The van der Waals surface area contributed by atoms with Gasteiger partial charge in [0.25, 0.3) is 5.91 Å². The van der Waals surface area contributed by atoms with Crippen LogP contribution in [0.15, 0.2) is 45.6 Å². The fourth-order valence-electron chi connectivity index (χ4n) is 5.62. The summed E-state index contributed by atoms with van der Waals surface area (Å²) in [6, 6.07) is 8.52. The summed E-state index contributed by atoms with van der Waals surface area (Å²) in [6.45, 7) is 4.54. The van der Waals surface area contributed by atoms with Crippen molar-refractivity contribution in [3.8, 4) is 0 Å². The van der Waals surface area contributed by atoms with Crippen molar-refractivity contribution in [3.05, 3.63) is 69.4 Å². The van der Waals surface area contributed by atoms with Gasteiger partial charge in [0.15, 0.2) is 22.9 Å². The van der Waals surface area contributed by atoms with E-state index in [0.717, 1.165) is 12.5 Å². The molecule has 0 saturated carbocycles. The average molecular weight is 526 g/mol. The quantitative estimate of drug-likeness (QED) is 0.514. The first-order valence-electron chi connectivity index (χ1n) is 13.0. The number of anilines is 2. The lowest BCUT2D eigenvalue weighted by Crippen LogP contribution is -2.40. The highest BCUT2D eigenvalue weighted by atomic mass is 19.2. The minimum Gasteiger partial charge on any atom is -0.440 e. The van der Waals surface area contributed by atoms with Gasteiger partial charge in [0.2, 0.25) is 0 Å². The van der Waals surface area contributed by atoms with Gasteiger partial charge in [-0.2, -0.15) is 0 Å². The molecule has 0 bridgehead atoms. The smallest absolute Gasteiger partial charge is 0.254 e. The van der Waals surface area contributed by atoms with E-state index in [9.17, 15) is 18.4 Å². The Labute approximate surface area is 218 Å². The highest BCUT2D eigenvalue weighted by Crippen LogP contribution is 2.41. The molecule has 3 aliphatic rings. The Morgan fingerprint density at radius 2 is 1.66 bits per heavy atom. The molecular weight excluding hydrogens is 496 g/mol. The van der Waals surface area contributed by atoms with Crippen LogP contribution in [0.1, 0.15) is 34.8 Å². The average Bonchev–Trinajstić information content (AvgIpc) is 3.44. The highest BCUT2D eigenvalue weighted by molar-refractivity contribution is 5.99. The number of fused-ring (bicyclic) bond motifs is 1. The van der Waals surface area contributed by atoms with Gasteiger partial charge in [-0.15, -0.1) is 0 Å². The maximum Gasteiger partial charge on any atom is 0.254 e. The number of halogens is 2. The summed E-state index contributed by atoms with van der Waals surface area (Å²) in [6.07, 6.45) is 1.36. The van der Waals surface area contributed by atoms with Crippen LogP contribution in [0.5, 0.6) is 0 Å². The Morgan fingerprint density at radius 1 is 0.921 bits per heavy atom. The van der Waals surface area contributed by atoms with Crippen molar-refractivity contribution < 1.29 is 27.5 Å². The lowest BCUT2D eigenvalue weighted by atomic mass is 9.97. The van der Waals surface area contributed by atoms with E-state index in [1.54, 1.807) is 28.0 Å². The molecule has 0 spiro atoms. The predicted octanol–water partition coefficient (Wildman–Crippen LogP) is 3.72. The summed E-state index contributed by atoms with van der Waals surface area (Å²) < 4.78 is 46.3. The summed E-state index contributed by atoms with van der Waals surface area (Å²) in [7, 11) is 0. The Kier molecular flexibility index (Phi) is 6.75. The van der Waals surface area contributed by atoms with Gasteiger partial charge in [-0.25, -0.2) is 8.78 Å². The standard InChI is InChI=1S/C28H29F2N3O5/c29-21-3-1-4-23(26(21)30)33-6-2-5-22(33)19-15-18(28(35)32-9-13-37-14-10-32)16-20-24(34)17-25(38-27(19)20)31-7-11-36-12-8-31/h1,3-4,15-17,22H,2,5-14H2. The number of ether oxygens (including phenoxy) is 2. The van der Waals surface area contributed by atoms with Gasteiger partial charge in [-0.1, -0.05) is 6.07 Å². The predicted molar refractivity (Wildman–Crippen MR) is 138 cm³/mol. The van der Waals surface area contributed by atoms with Gasteiger partial charge in [-0.05, 0) is 37.1 Å². The zero-order valence-corrected chi connectivity index (χ0v) is 21.0. The Bertz CT molecular complexity index is 1420. The first-order valence-corrected chi connectivity index (χ1v) is 13.0. The van der Waals surface area contributed by atoms with Crippen molar-refractivity contribution in [2.75, 3.05) is 69.0 Å². The van der Waals surface area contributed by atoms with Crippen LogP contribution < -0.4 is 15.2 Å². The number of carbonyl (C=O) groups excluding carboxylic acids is 1. The molecule has 0 N–H and O–H groups in total. The molecule has 3 aromatic rings. The molecule has 1 amide bonds. The SMILES string of the molecule is O=C(c1cc(C2CCCN2c2cccc(F)c2F)c2oc(N3CCOCC3)cc(=O)c2c1)N1CCOCC1. The second-order valence-electron chi connectivity index (χ2n) is 9.82. The third kappa shape index (κ3) is 4.52. The van der Waals surface area contributed by atoms with E-state index in [-0.39, 0.29) is 17.0 Å². The number of morpholine rings is 2. The highest BCUT2D eigenvalue weighted by Gasteiger charge is 2.33. The lowest BCUT2D eigenvalue weighted by Gasteiger charge is -2.30. The first-order chi connectivity index (χ1) is 18.5. The van der Waals surface area contributed by atoms with Gasteiger partial charge in [-0.3, -0.25) is 9.59 Å². The molecular formula is C28H29F2N3O5. The molecule has 3 aliphatic heterocycles. The minimum absolute atomic E-state index is 0.150. The molecule has 0 aliphatic carbocycles. The second-order valence-corrected chi connectivity index (χ2v) is 9.82. The Balaban J connectivity index is 1.50. The summed E-state index contributed by atoms with van der Waals surface area (Å²) in [5.41, 5.74) is 1.25. The van der Waals surface area contributed by atoms with Crippen molar-refractivity contribution in [2.24, 2.45) is 0 Å². The molecule has 4 heterocycles. The monoisotopic (exact) mass is 525 g/mol. The molecule has 6 rings (SSSR count). The van der Waals surface area contributed by atoms with Crippen LogP contribution in [0.2, 0.25) is 0 Å². The number of amides is 1. The van der Waals surface area contributed by atoms with Crippen molar-refractivity contribution in [1.82, 2.24) is 4.90 Å². The van der Waals surface area contributed by atoms with Gasteiger partial charge in [0.05, 0.1) is 43.5 Å². The molecule has 38 heavy (non-hydrogen) atoms. The van der Waals surface area contributed by atoms with Crippen LogP contribution in [0.4, 0.5) is 20.4 Å². The molecule has 200 valence electrons.